The van der Waals surface area contributed by atoms with Gasteiger partial charge in [0.05, 0.1) is 23.9 Å². The van der Waals surface area contributed by atoms with Crippen LogP contribution in [0.15, 0.2) is 18.2 Å². The van der Waals surface area contributed by atoms with Gasteiger partial charge in [-0.2, -0.15) is 4.98 Å². The lowest BCUT2D eigenvalue weighted by atomic mass is 9.90. The maximum absolute atomic E-state index is 11.5. The van der Waals surface area contributed by atoms with E-state index in [1.54, 1.807) is 7.11 Å². The van der Waals surface area contributed by atoms with Crippen molar-refractivity contribution in [3.8, 4) is 0 Å². The molecule has 1 heterocycles. The largest absolute Gasteiger partial charge is 0.481 e. The molecule has 0 radical (unpaired) electrons. The van der Waals surface area contributed by atoms with E-state index < -0.39 is 11.9 Å². The number of aromatic nitrogens is 3. The zero-order chi connectivity index (χ0) is 24.8. The van der Waals surface area contributed by atoms with Crippen LogP contribution in [0.2, 0.25) is 0 Å². The van der Waals surface area contributed by atoms with Crippen LogP contribution < -0.4 is 16.0 Å². The lowest BCUT2D eigenvalue weighted by Gasteiger charge is -2.40. The molecule has 3 rings (SSSR count). The third-order valence-corrected chi connectivity index (χ3v) is 6.32. The molecule has 1 aromatic heterocycles. The number of aromatic amines is 1. The molecule has 10 nitrogen and oxygen atoms in total. The van der Waals surface area contributed by atoms with Crippen molar-refractivity contribution in [2.24, 2.45) is 11.7 Å². The number of carbonyl (C=O) groups is 2. The van der Waals surface area contributed by atoms with E-state index in [9.17, 15) is 14.7 Å². The number of anilines is 3. The number of carbonyl (C=O) groups excluding carboxylic acids is 1. The first-order chi connectivity index (χ1) is 16.2. The summed E-state index contributed by atoms with van der Waals surface area (Å²) in [5.74, 6) is -1.08. The monoisotopic (exact) mass is 472 g/mol. The molecule has 0 spiro atoms. The fourth-order valence-corrected chi connectivity index (χ4v) is 4.57. The third kappa shape index (κ3) is 6.47. The Morgan fingerprint density at radius 2 is 1.97 bits per heavy atom. The summed E-state index contributed by atoms with van der Waals surface area (Å²) in [6.45, 7) is 7.14. The summed E-state index contributed by atoms with van der Waals surface area (Å²) in [6.07, 6.45) is 4.39. The molecule has 2 aromatic rings. The van der Waals surface area contributed by atoms with Gasteiger partial charge in [0.1, 0.15) is 0 Å². The molecule has 1 fully saturated rings. The van der Waals surface area contributed by atoms with E-state index in [4.69, 9.17) is 10.5 Å². The van der Waals surface area contributed by atoms with E-state index in [-0.39, 0.29) is 24.1 Å². The SMILES string of the molecule is COC1CCC(N(CC(C)C)c2ccc([C@H](C)CC(=O)O)cc2Nc2n[nH]c(C(N)=O)n2)CC1. The molecule has 1 saturated carbocycles. The third-order valence-electron chi connectivity index (χ3n) is 6.32. The standard InChI is InChI=1S/C24H36N6O4/c1-14(2)13-30(17-6-8-18(34-4)9-7-17)20-10-5-16(15(3)11-21(31)32)12-19(20)26-24-27-23(22(25)33)28-29-24/h5,10,12,14-15,17-18H,6-9,11,13H2,1-4H3,(H2,25,33)(H,31,32)(H2,26,27,28,29)/t15-,17?,18?/m1/s1. The van der Waals surface area contributed by atoms with Crippen molar-refractivity contribution in [3.63, 3.8) is 0 Å². The summed E-state index contributed by atoms with van der Waals surface area (Å²) < 4.78 is 5.57. The van der Waals surface area contributed by atoms with Crippen LogP contribution in [0, 0.1) is 5.92 Å². The van der Waals surface area contributed by atoms with Crippen LogP contribution >= 0.6 is 0 Å². The Hall–Kier alpha value is -3.14. The van der Waals surface area contributed by atoms with Gasteiger partial charge in [-0.25, -0.2) is 0 Å². The van der Waals surface area contributed by atoms with Gasteiger partial charge in [-0.15, -0.1) is 5.10 Å². The Kier molecular flexibility index (Phi) is 8.49. The number of nitrogens with one attached hydrogen (secondary N) is 2. The molecule has 1 aromatic carbocycles. The first kappa shape index (κ1) is 25.5. The van der Waals surface area contributed by atoms with Crippen LogP contribution in [0.1, 0.15) is 75.0 Å². The lowest BCUT2D eigenvalue weighted by Crippen LogP contribution is -2.41. The zero-order valence-electron chi connectivity index (χ0n) is 20.4. The summed E-state index contributed by atoms with van der Waals surface area (Å²) in [5.41, 5.74) is 7.96. The molecule has 0 bridgehead atoms. The normalized spacial score (nSPS) is 19.1. The highest BCUT2D eigenvalue weighted by Gasteiger charge is 2.28. The van der Waals surface area contributed by atoms with Gasteiger partial charge < -0.3 is 25.8 Å². The number of rotatable bonds is 11. The summed E-state index contributed by atoms with van der Waals surface area (Å²) in [4.78, 5) is 29.3. The molecule has 1 amide bonds. The van der Waals surface area contributed by atoms with Crippen LogP contribution in [0.25, 0.3) is 0 Å². The molecular weight excluding hydrogens is 436 g/mol. The molecule has 1 aliphatic carbocycles. The molecule has 5 N–H and O–H groups in total. The fraction of sp³-hybridized carbons (Fsp3) is 0.583. The highest BCUT2D eigenvalue weighted by molar-refractivity contribution is 5.89. The van der Waals surface area contributed by atoms with Gasteiger partial charge in [-0.3, -0.25) is 14.7 Å². The molecule has 1 aliphatic rings. The van der Waals surface area contributed by atoms with Gasteiger partial charge in [0.2, 0.25) is 11.8 Å². The second-order valence-electron chi connectivity index (χ2n) is 9.48. The first-order valence-electron chi connectivity index (χ1n) is 11.8. The minimum Gasteiger partial charge on any atom is -0.481 e. The number of methoxy groups -OCH3 is 1. The van der Waals surface area contributed by atoms with Crippen molar-refractivity contribution in [2.45, 2.75) is 70.9 Å². The Balaban J connectivity index is 1.98. The van der Waals surface area contributed by atoms with Crippen molar-refractivity contribution in [1.29, 1.82) is 0 Å². The number of nitrogens with two attached hydrogens (primary N) is 1. The highest BCUT2D eigenvalue weighted by Crippen LogP contribution is 2.37. The number of hydrogen-bond acceptors (Lipinski definition) is 7. The van der Waals surface area contributed by atoms with Crippen LogP contribution in [-0.4, -0.2) is 58.0 Å². The van der Waals surface area contributed by atoms with E-state index in [0.717, 1.165) is 49.2 Å². The number of H-pyrrole nitrogens is 1. The van der Waals surface area contributed by atoms with E-state index in [0.29, 0.717) is 18.1 Å². The summed E-state index contributed by atoms with van der Waals surface area (Å²) in [7, 11) is 1.77. The van der Waals surface area contributed by atoms with Gasteiger partial charge in [0.25, 0.3) is 5.91 Å². The van der Waals surface area contributed by atoms with Crippen molar-refractivity contribution in [1.82, 2.24) is 15.2 Å². The fourth-order valence-electron chi connectivity index (χ4n) is 4.57. The number of ether oxygens (including phenoxy) is 1. The molecule has 10 heteroatoms. The Morgan fingerprint density at radius 3 is 2.53 bits per heavy atom. The average molecular weight is 473 g/mol. The van der Waals surface area contributed by atoms with Crippen LogP contribution in [0.3, 0.4) is 0 Å². The Morgan fingerprint density at radius 1 is 1.26 bits per heavy atom. The summed E-state index contributed by atoms with van der Waals surface area (Å²) in [6, 6.07) is 6.35. The first-order valence-corrected chi connectivity index (χ1v) is 11.8. The van der Waals surface area contributed by atoms with Crippen molar-refractivity contribution >= 4 is 29.2 Å². The van der Waals surface area contributed by atoms with Crippen molar-refractivity contribution in [3.05, 3.63) is 29.6 Å². The van der Waals surface area contributed by atoms with Crippen LogP contribution in [-0.2, 0) is 9.53 Å². The predicted molar refractivity (Wildman–Crippen MR) is 131 cm³/mol. The second kappa shape index (κ2) is 11.3. The molecule has 0 aliphatic heterocycles. The predicted octanol–water partition coefficient (Wildman–Crippen LogP) is 3.65. The second-order valence-corrected chi connectivity index (χ2v) is 9.48. The van der Waals surface area contributed by atoms with Gasteiger partial charge in [-0.1, -0.05) is 26.8 Å². The van der Waals surface area contributed by atoms with Gasteiger partial charge in [-0.05, 0) is 55.2 Å². The minimum absolute atomic E-state index is 0.0298. The van der Waals surface area contributed by atoms with Crippen LogP contribution in [0.5, 0.6) is 0 Å². The Labute approximate surface area is 200 Å². The molecule has 186 valence electrons. The van der Waals surface area contributed by atoms with Gasteiger partial charge in [0, 0.05) is 19.7 Å². The van der Waals surface area contributed by atoms with Gasteiger partial charge in [0.15, 0.2) is 0 Å². The number of benzene rings is 1. The highest BCUT2D eigenvalue weighted by atomic mass is 16.5. The van der Waals surface area contributed by atoms with Crippen molar-refractivity contribution in [2.75, 3.05) is 23.9 Å². The maximum atomic E-state index is 11.5. The molecule has 0 saturated heterocycles. The zero-order valence-corrected chi connectivity index (χ0v) is 20.4. The van der Waals surface area contributed by atoms with Crippen LogP contribution in [0.4, 0.5) is 17.3 Å². The molecule has 1 atom stereocenters. The summed E-state index contributed by atoms with van der Waals surface area (Å²) in [5, 5.41) is 19.1. The topological polar surface area (TPSA) is 146 Å². The van der Waals surface area contributed by atoms with Gasteiger partial charge >= 0.3 is 5.97 Å². The van der Waals surface area contributed by atoms with E-state index in [1.165, 1.54) is 0 Å². The number of carboxylic acids is 1. The lowest BCUT2D eigenvalue weighted by molar-refractivity contribution is -0.137. The molecule has 34 heavy (non-hydrogen) atoms. The number of amides is 1. The average Bonchev–Trinajstić information content (AvgIpc) is 3.26. The molecule has 0 unspecified atom stereocenters. The smallest absolute Gasteiger partial charge is 0.303 e. The maximum Gasteiger partial charge on any atom is 0.303 e. The number of hydrogen-bond donors (Lipinski definition) is 4. The van der Waals surface area contributed by atoms with Crippen molar-refractivity contribution < 1.29 is 19.4 Å². The van der Waals surface area contributed by atoms with E-state index >= 15 is 0 Å². The number of aliphatic carboxylic acids is 1. The Bertz CT molecular complexity index is 984. The minimum atomic E-state index is -0.845. The molecular formula is C24H36N6O4. The van der Waals surface area contributed by atoms with E-state index in [1.807, 2.05) is 25.1 Å². The number of primary amides is 1. The number of nitrogens with zero attached hydrogens (tertiary/aromatic N) is 3. The summed E-state index contributed by atoms with van der Waals surface area (Å²) >= 11 is 0. The van der Waals surface area contributed by atoms with E-state index in [2.05, 4.69) is 39.2 Å². The quantitative estimate of drug-likeness (QED) is 0.388. The number of carboxylic acid groups (broad SMARTS) is 1.